The molecule has 0 spiro atoms. The molecule has 4 heteroatoms. The van der Waals surface area contributed by atoms with Crippen molar-refractivity contribution in [2.75, 3.05) is 11.4 Å². The van der Waals surface area contributed by atoms with E-state index in [0.717, 1.165) is 47.6 Å². The lowest BCUT2D eigenvalue weighted by molar-refractivity contribution is 0.724. The molecule has 0 bridgehead atoms. The summed E-state index contributed by atoms with van der Waals surface area (Å²) in [6.45, 7) is 3.92. The SMILES string of the molecule is Cc1cc2nc(N3CCc4ccccc4C3)c3ccccc3n2n1. The van der Waals surface area contributed by atoms with Gasteiger partial charge < -0.3 is 4.90 Å². The van der Waals surface area contributed by atoms with Gasteiger partial charge in [0.25, 0.3) is 0 Å². The fourth-order valence-corrected chi connectivity index (χ4v) is 3.68. The van der Waals surface area contributed by atoms with E-state index in [-0.39, 0.29) is 0 Å². The van der Waals surface area contributed by atoms with Crippen LogP contribution in [0.5, 0.6) is 0 Å². The molecule has 4 nitrogen and oxygen atoms in total. The smallest absolute Gasteiger partial charge is 0.158 e. The molecule has 1 aliphatic heterocycles. The lowest BCUT2D eigenvalue weighted by Gasteiger charge is -2.30. The van der Waals surface area contributed by atoms with Gasteiger partial charge in [-0.3, -0.25) is 0 Å². The van der Waals surface area contributed by atoms with Crippen LogP contribution in [-0.4, -0.2) is 21.1 Å². The predicted octanol–water partition coefficient (Wildman–Crippen LogP) is 3.75. The first kappa shape index (κ1) is 13.5. The van der Waals surface area contributed by atoms with Crippen LogP contribution in [0.2, 0.25) is 0 Å². The van der Waals surface area contributed by atoms with Crippen LogP contribution in [0.25, 0.3) is 16.6 Å². The summed E-state index contributed by atoms with van der Waals surface area (Å²) in [5.41, 5.74) is 5.89. The first-order chi connectivity index (χ1) is 11.8. The van der Waals surface area contributed by atoms with Crippen molar-refractivity contribution in [3.8, 4) is 0 Å². The first-order valence-electron chi connectivity index (χ1n) is 8.36. The lowest BCUT2D eigenvalue weighted by atomic mass is 10.00. The zero-order valence-corrected chi connectivity index (χ0v) is 13.6. The summed E-state index contributed by atoms with van der Waals surface area (Å²) in [6, 6.07) is 19.2. The van der Waals surface area contributed by atoms with Gasteiger partial charge >= 0.3 is 0 Å². The van der Waals surface area contributed by atoms with Crippen LogP contribution in [0, 0.1) is 6.92 Å². The Labute approximate surface area is 140 Å². The van der Waals surface area contributed by atoms with Crippen LogP contribution in [0.1, 0.15) is 16.8 Å². The minimum atomic E-state index is 0.913. The highest BCUT2D eigenvalue weighted by molar-refractivity contribution is 5.91. The van der Waals surface area contributed by atoms with Crippen molar-refractivity contribution in [1.82, 2.24) is 14.6 Å². The third-order valence-electron chi connectivity index (χ3n) is 4.84. The molecule has 0 fully saturated rings. The fourth-order valence-electron chi connectivity index (χ4n) is 3.68. The number of rotatable bonds is 1. The Balaban J connectivity index is 1.71. The maximum Gasteiger partial charge on any atom is 0.158 e. The molecule has 0 amide bonds. The van der Waals surface area contributed by atoms with Gasteiger partial charge in [0.15, 0.2) is 5.65 Å². The average Bonchev–Trinajstić information content (AvgIpc) is 3.01. The Kier molecular flexibility index (Phi) is 2.86. The van der Waals surface area contributed by atoms with E-state index < -0.39 is 0 Å². The van der Waals surface area contributed by atoms with E-state index in [4.69, 9.17) is 4.98 Å². The van der Waals surface area contributed by atoms with Crippen LogP contribution in [-0.2, 0) is 13.0 Å². The topological polar surface area (TPSA) is 33.4 Å². The van der Waals surface area contributed by atoms with E-state index in [9.17, 15) is 0 Å². The zero-order chi connectivity index (χ0) is 16.1. The van der Waals surface area contributed by atoms with Crippen molar-refractivity contribution in [3.05, 3.63) is 71.4 Å². The molecule has 0 aliphatic carbocycles. The maximum absolute atomic E-state index is 4.95. The molecular weight excluding hydrogens is 296 g/mol. The molecule has 0 saturated carbocycles. The van der Waals surface area contributed by atoms with E-state index in [1.807, 2.05) is 17.5 Å². The molecular formula is C20H18N4. The van der Waals surface area contributed by atoms with Gasteiger partial charge in [0.2, 0.25) is 0 Å². The molecule has 5 rings (SSSR count). The third kappa shape index (κ3) is 1.99. The number of hydrogen-bond acceptors (Lipinski definition) is 3. The Morgan fingerprint density at radius 3 is 2.67 bits per heavy atom. The summed E-state index contributed by atoms with van der Waals surface area (Å²) >= 11 is 0. The van der Waals surface area contributed by atoms with Gasteiger partial charge in [-0.05, 0) is 36.6 Å². The quantitative estimate of drug-likeness (QED) is 0.536. The lowest BCUT2D eigenvalue weighted by Crippen LogP contribution is -2.31. The number of para-hydroxylation sites is 1. The summed E-state index contributed by atoms with van der Waals surface area (Å²) in [4.78, 5) is 7.34. The Morgan fingerprint density at radius 2 is 1.75 bits per heavy atom. The molecule has 0 unspecified atom stereocenters. The zero-order valence-electron chi connectivity index (χ0n) is 13.6. The molecule has 2 aromatic carbocycles. The highest BCUT2D eigenvalue weighted by atomic mass is 15.3. The number of fused-ring (bicyclic) bond motifs is 4. The normalized spacial score (nSPS) is 14.3. The van der Waals surface area contributed by atoms with Crippen molar-refractivity contribution < 1.29 is 0 Å². The summed E-state index contributed by atoms with van der Waals surface area (Å²) < 4.78 is 1.95. The summed E-state index contributed by atoms with van der Waals surface area (Å²) in [6.07, 6.45) is 1.07. The van der Waals surface area contributed by atoms with Crippen molar-refractivity contribution in [3.63, 3.8) is 0 Å². The second-order valence-corrected chi connectivity index (χ2v) is 6.45. The summed E-state index contributed by atoms with van der Waals surface area (Å²) in [5.74, 6) is 1.06. The van der Waals surface area contributed by atoms with Crippen molar-refractivity contribution >= 4 is 22.4 Å². The largest absolute Gasteiger partial charge is 0.351 e. The van der Waals surface area contributed by atoms with Crippen LogP contribution in [0.15, 0.2) is 54.6 Å². The summed E-state index contributed by atoms with van der Waals surface area (Å²) in [7, 11) is 0. The predicted molar refractivity (Wildman–Crippen MR) is 96.4 cm³/mol. The number of nitrogens with zero attached hydrogens (tertiary/aromatic N) is 4. The molecule has 0 saturated heterocycles. The number of aromatic nitrogens is 3. The first-order valence-corrected chi connectivity index (χ1v) is 8.36. The highest BCUT2D eigenvalue weighted by Gasteiger charge is 2.20. The van der Waals surface area contributed by atoms with E-state index in [1.54, 1.807) is 0 Å². The highest BCUT2D eigenvalue weighted by Crippen LogP contribution is 2.30. The second kappa shape index (κ2) is 5.06. The van der Waals surface area contributed by atoms with E-state index >= 15 is 0 Å². The van der Waals surface area contributed by atoms with Gasteiger partial charge in [-0.1, -0.05) is 36.4 Å². The van der Waals surface area contributed by atoms with E-state index in [1.165, 1.54) is 11.1 Å². The van der Waals surface area contributed by atoms with Crippen molar-refractivity contribution in [2.24, 2.45) is 0 Å². The van der Waals surface area contributed by atoms with Gasteiger partial charge in [-0.2, -0.15) is 5.10 Å². The second-order valence-electron chi connectivity index (χ2n) is 6.45. The average molecular weight is 314 g/mol. The molecule has 0 radical (unpaired) electrons. The Hall–Kier alpha value is -2.88. The van der Waals surface area contributed by atoms with E-state index in [0.29, 0.717) is 0 Å². The van der Waals surface area contributed by atoms with Gasteiger partial charge in [0.1, 0.15) is 5.82 Å². The molecule has 24 heavy (non-hydrogen) atoms. The van der Waals surface area contributed by atoms with Crippen LogP contribution in [0.4, 0.5) is 5.82 Å². The minimum Gasteiger partial charge on any atom is -0.351 e. The van der Waals surface area contributed by atoms with Gasteiger partial charge in [-0.25, -0.2) is 9.50 Å². The summed E-state index contributed by atoms with van der Waals surface area (Å²) in [5, 5.41) is 5.76. The molecule has 118 valence electrons. The maximum atomic E-state index is 4.95. The number of anilines is 1. The molecule has 1 aliphatic rings. The standard InChI is InChI=1S/C20H18N4/c1-14-12-19-21-20(17-8-4-5-9-18(17)24(19)22-14)23-11-10-15-6-2-3-7-16(15)13-23/h2-9,12H,10-11,13H2,1H3. The third-order valence-corrected chi connectivity index (χ3v) is 4.84. The van der Waals surface area contributed by atoms with Crippen molar-refractivity contribution in [1.29, 1.82) is 0 Å². The minimum absolute atomic E-state index is 0.913. The molecule has 2 aromatic heterocycles. The van der Waals surface area contributed by atoms with Gasteiger partial charge in [-0.15, -0.1) is 0 Å². The van der Waals surface area contributed by atoms with Gasteiger partial charge in [0.05, 0.1) is 11.2 Å². The Morgan fingerprint density at radius 1 is 0.958 bits per heavy atom. The fraction of sp³-hybridized carbons (Fsp3) is 0.200. The number of benzene rings is 2. The monoisotopic (exact) mass is 314 g/mol. The van der Waals surface area contributed by atoms with Crippen LogP contribution in [0.3, 0.4) is 0 Å². The molecule has 0 atom stereocenters. The molecule has 4 aromatic rings. The Bertz CT molecular complexity index is 1060. The number of aryl methyl sites for hydroxylation is 1. The van der Waals surface area contributed by atoms with Gasteiger partial charge in [0, 0.05) is 24.5 Å². The van der Waals surface area contributed by atoms with E-state index in [2.05, 4.69) is 58.5 Å². The van der Waals surface area contributed by atoms with Crippen molar-refractivity contribution in [2.45, 2.75) is 19.9 Å². The molecule has 0 N–H and O–H groups in total. The molecule has 3 heterocycles. The number of hydrogen-bond donors (Lipinski definition) is 0. The van der Waals surface area contributed by atoms with Crippen LogP contribution >= 0.6 is 0 Å². The van der Waals surface area contributed by atoms with Crippen LogP contribution < -0.4 is 4.90 Å².